The minimum atomic E-state index is -0.671. The molecule has 0 heterocycles. The monoisotopic (exact) mass is 272 g/mol. The summed E-state index contributed by atoms with van der Waals surface area (Å²) in [6, 6.07) is 0.408. The van der Waals surface area contributed by atoms with Crippen molar-refractivity contribution in [2.24, 2.45) is 17.6 Å². The van der Waals surface area contributed by atoms with Gasteiger partial charge in [0, 0.05) is 12.0 Å². The maximum absolute atomic E-state index is 10.8. The van der Waals surface area contributed by atoms with Crippen LogP contribution in [0, 0.1) is 11.8 Å². The molecule has 0 spiro atoms. The zero-order valence-electron chi connectivity index (χ0n) is 13.1. The molecule has 3 N–H and O–H groups in total. The van der Waals surface area contributed by atoms with Crippen molar-refractivity contribution in [1.29, 1.82) is 0 Å². The highest BCUT2D eigenvalue weighted by Crippen LogP contribution is 2.24. The Morgan fingerprint density at radius 3 is 2.21 bits per heavy atom. The smallest absolute Gasteiger partial charge is 0.404 e. The third kappa shape index (κ3) is 7.41. The minimum absolute atomic E-state index is 0.342. The van der Waals surface area contributed by atoms with Crippen LogP contribution in [0.15, 0.2) is 0 Å². The van der Waals surface area contributed by atoms with Crippen LogP contribution < -0.4 is 11.1 Å². The molecule has 114 valence electrons. The van der Waals surface area contributed by atoms with Gasteiger partial charge in [-0.2, -0.15) is 0 Å². The van der Waals surface area contributed by atoms with Crippen LogP contribution in [0.1, 0.15) is 59.8 Å². The summed E-state index contributed by atoms with van der Waals surface area (Å²) < 4.78 is 5.02. The lowest BCUT2D eigenvalue weighted by atomic mass is 9.82. The van der Waals surface area contributed by atoms with Gasteiger partial charge in [-0.25, -0.2) is 4.79 Å². The number of nitrogens with two attached hydrogens (primary N) is 1. The standard InChI is InChI=1S/C15H32N2O2/c1-5-9-10-12(6-2)14(17-8-4)13(7-3)11-19-15(16)18/h12-14,17H,5-11H2,1-4H3,(H2,16,18). The molecule has 4 nitrogen and oxygen atoms in total. The van der Waals surface area contributed by atoms with E-state index in [1.807, 2.05) is 0 Å². The lowest BCUT2D eigenvalue weighted by Gasteiger charge is -2.33. The molecule has 0 radical (unpaired) electrons. The van der Waals surface area contributed by atoms with Crippen LogP contribution in [0.25, 0.3) is 0 Å². The Hall–Kier alpha value is -0.770. The van der Waals surface area contributed by atoms with Gasteiger partial charge in [0.2, 0.25) is 0 Å². The van der Waals surface area contributed by atoms with Crippen molar-refractivity contribution in [3.8, 4) is 0 Å². The largest absolute Gasteiger partial charge is 0.449 e. The van der Waals surface area contributed by atoms with Crippen molar-refractivity contribution in [1.82, 2.24) is 5.32 Å². The van der Waals surface area contributed by atoms with E-state index in [4.69, 9.17) is 10.5 Å². The van der Waals surface area contributed by atoms with Gasteiger partial charge in [-0.1, -0.05) is 47.0 Å². The van der Waals surface area contributed by atoms with Crippen LogP contribution in [-0.4, -0.2) is 25.3 Å². The van der Waals surface area contributed by atoms with Crippen LogP contribution in [-0.2, 0) is 4.74 Å². The van der Waals surface area contributed by atoms with Gasteiger partial charge in [-0.05, 0) is 25.3 Å². The van der Waals surface area contributed by atoms with E-state index in [1.54, 1.807) is 0 Å². The fraction of sp³-hybridized carbons (Fsp3) is 0.933. The van der Waals surface area contributed by atoms with Crippen molar-refractivity contribution in [2.45, 2.75) is 65.8 Å². The van der Waals surface area contributed by atoms with Crippen molar-refractivity contribution in [3.05, 3.63) is 0 Å². The Morgan fingerprint density at radius 2 is 1.79 bits per heavy atom. The molecule has 3 unspecified atom stereocenters. The topological polar surface area (TPSA) is 64.3 Å². The molecule has 0 saturated carbocycles. The number of ether oxygens (including phenoxy) is 1. The van der Waals surface area contributed by atoms with Crippen LogP contribution in [0.5, 0.6) is 0 Å². The molecule has 0 aliphatic carbocycles. The average Bonchev–Trinajstić information content (AvgIpc) is 2.39. The molecule has 0 aliphatic heterocycles. The highest BCUT2D eigenvalue weighted by molar-refractivity contribution is 5.64. The summed E-state index contributed by atoms with van der Waals surface area (Å²) in [6.45, 7) is 10.1. The molecule has 0 aromatic rings. The summed E-state index contributed by atoms with van der Waals surface area (Å²) in [5, 5.41) is 3.59. The van der Waals surface area contributed by atoms with Gasteiger partial charge in [0.15, 0.2) is 0 Å². The van der Waals surface area contributed by atoms with Crippen molar-refractivity contribution in [3.63, 3.8) is 0 Å². The molecular formula is C15H32N2O2. The maximum atomic E-state index is 10.8. The molecule has 1 amide bonds. The summed E-state index contributed by atoms with van der Waals surface area (Å²) in [7, 11) is 0. The molecule has 0 aromatic heterocycles. The Balaban J connectivity index is 4.63. The minimum Gasteiger partial charge on any atom is -0.449 e. The van der Waals surface area contributed by atoms with Crippen LogP contribution in [0.3, 0.4) is 0 Å². The number of unbranched alkanes of at least 4 members (excludes halogenated alkanes) is 1. The number of nitrogens with one attached hydrogen (secondary N) is 1. The first kappa shape index (κ1) is 18.2. The summed E-state index contributed by atoms with van der Waals surface area (Å²) in [5.74, 6) is 0.982. The number of hydrogen-bond donors (Lipinski definition) is 2. The molecule has 0 aliphatic rings. The molecule has 3 atom stereocenters. The average molecular weight is 272 g/mol. The summed E-state index contributed by atoms with van der Waals surface area (Å²) in [5.41, 5.74) is 5.08. The molecule has 19 heavy (non-hydrogen) atoms. The quantitative estimate of drug-likeness (QED) is 0.606. The highest BCUT2D eigenvalue weighted by Gasteiger charge is 2.27. The van der Waals surface area contributed by atoms with Crippen LogP contribution >= 0.6 is 0 Å². The second-order valence-corrected chi connectivity index (χ2v) is 5.19. The van der Waals surface area contributed by atoms with Crippen molar-refractivity contribution >= 4 is 6.09 Å². The highest BCUT2D eigenvalue weighted by atomic mass is 16.5. The first-order valence-corrected chi connectivity index (χ1v) is 7.76. The summed E-state index contributed by atoms with van der Waals surface area (Å²) >= 11 is 0. The zero-order chi connectivity index (χ0) is 14.7. The van der Waals surface area contributed by atoms with Gasteiger partial charge in [-0.3, -0.25) is 0 Å². The fourth-order valence-corrected chi connectivity index (χ4v) is 2.72. The van der Waals surface area contributed by atoms with E-state index in [0.717, 1.165) is 19.4 Å². The van der Waals surface area contributed by atoms with Crippen LogP contribution in [0.2, 0.25) is 0 Å². The number of primary amides is 1. The third-order valence-corrected chi connectivity index (χ3v) is 3.87. The van der Waals surface area contributed by atoms with Gasteiger partial charge in [0.25, 0.3) is 0 Å². The van der Waals surface area contributed by atoms with Crippen LogP contribution in [0.4, 0.5) is 4.79 Å². The maximum Gasteiger partial charge on any atom is 0.404 e. The van der Waals surface area contributed by atoms with Gasteiger partial charge in [-0.15, -0.1) is 0 Å². The Labute approximate surface area is 118 Å². The predicted molar refractivity (Wildman–Crippen MR) is 80.1 cm³/mol. The number of hydrogen-bond acceptors (Lipinski definition) is 3. The predicted octanol–water partition coefficient (Wildman–Crippen LogP) is 3.30. The SMILES string of the molecule is CCCCC(CC)C(NCC)C(CC)COC(N)=O. The second-order valence-electron chi connectivity index (χ2n) is 5.19. The van der Waals surface area contributed by atoms with E-state index in [9.17, 15) is 4.79 Å². The van der Waals surface area contributed by atoms with E-state index in [1.165, 1.54) is 19.3 Å². The van der Waals surface area contributed by atoms with Gasteiger partial charge in [0.1, 0.15) is 0 Å². The summed E-state index contributed by atoms with van der Waals surface area (Å²) in [4.78, 5) is 10.8. The third-order valence-electron chi connectivity index (χ3n) is 3.87. The fourth-order valence-electron chi connectivity index (χ4n) is 2.72. The lowest BCUT2D eigenvalue weighted by Crippen LogP contribution is -2.44. The molecule has 0 aromatic carbocycles. The van der Waals surface area contributed by atoms with Crippen molar-refractivity contribution in [2.75, 3.05) is 13.2 Å². The molecule has 0 fully saturated rings. The Bertz CT molecular complexity index is 234. The zero-order valence-corrected chi connectivity index (χ0v) is 13.1. The molecule has 0 bridgehead atoms. The first-order valence-electron chi connectivity index (χ1n) is 7.76. The number of rotatable bonds is 11. The van der Waals surface area contributed by atoms with E-state index in [-0.39, 0.29) is 0 Å². The first-order chi connectivity index (χ1) is 9.10. The number of amides is 1. The Morgan fingerprint density at radius 1 is 1.16 bits per heavy atom. The molecule has 4 heteroatoms. The second kappa shape index (κ2) is 11.1. The number of carbonyl (C=O) groups excluding carboxylic acids is 1. The van der Waals surface area contributed by atoms with Gasteiger partial charge >= 0.3 is 6.09 Å². The van der Waals surface area contributed by atoms with E-state index >= 15 is 0 Å². The van der Waals surface area contributed by atoms with E-state index < -0.39 is 6.09 Å². The lowest BCUT2D eigenvalue weighted by molar-refractivity contribution is 0.107. The van der Waals surface area contributed by atoms with E-state index in [0.29, 0.717) is 24.5 Å². The molecule has 0 rings (SSSR count). The molecular weight excluding hydrogens is 240 g/mol. The summed E-state index contributed by atoms with van der Waals surface area (Å²) in [6.07, 6.45) is 5.20. The number of carbonyl (C=O) groups is 1. The van der Waals surface area contributed by atoms with Gasteiger partial charge in [0.05, 0.1) is 6.61 Å². The van der Waals surface area contributed by atoms with Crippen molar-refractivity contribution < 1.29 is 9.53 Å². The van der Waals surface area contributed by atoms with Gasteiger partial charge < -0.3 is 15.8 Å². The normalized spacial score (nSPS) is 15.8. The van der Waals surface area contributed by atoms with E-state index in [2.05, 4.69) is 33.0 Å². The molecule has 0 saturated heterocycles. The Kier molecular flexibility index (Phi) is 10.6.